The molecule has 0 amide bonds. The smallest absolute Gasteiger partial charge is 0.143 e. The van der Waals surface area contributed by atoms with Gasteiger partial charge in [0.05, 0.1) is 5.97 Å². The summed E-state index contributed by atoms with van der Waals surface area (Å²) in [4.78, 5) is 10.8. The average molecular weight is 288 g/mol. The van der Waals surface area contributed by atoms with Gasteiger partial charge in [0.2, 0.25) is 0 Å². The van der Waals surface area contributed by atoms with Crippen molar-refractivity contribution in [2.75, 3.05) is 0 Å². The topological polar surface area (TPSA) is 49.4 Å². The van der Waals surface area contributed by atoms with Crippen molar-refractivity contribution in [3.8, 4) is 5.75 Å². The van der Waals surface area contributed by atoms with E-state index in [1.807, 2.05) is 12.1 Å². The maximum absolute atomic E-state index is 10.8. The van der Waals surface area contributed by atoms with Gasteiger partial charge in [-0.2, -0.15) is 0 Å². The number of carbonyl (C=O) groups excluding carboxylic acids is 1. The number of aliphatic carboxylic acids is 1. The minimum atomic E-state index is -1.36. The predicted molar refractivity (Wildman–Crippen MR) is 68.0 cm³/mol. The van der Waals surface area contributed by atoms with E-state index in [4.69, 9.17) is 27.9 Å². The van der Waals surface area contributed by atoms with Crippen LogP contribution in [0.5, 0.6) is 5.75 Å². The van der Waals surface area contributed by atoms with Gasteiger partial charge in [-0.15, -0.1) is 23.2 Å². The van der Waals surface area contributed by atoms with Crippen LogP contribution in [0.15, 0.2) is 24.3 Å². The lowest BCUT2D eigenvalue weighted by molar-refractivity contribution is -0.320. The molecule has 5 heteroatoms. The van der Waals surface area contributed by atoms with Crippen molar-refractivity contribution in [1.29, 1.82) is 0 Å². The van der Waals surface area contributed by atoms with Crippen LogP contribution in [0.4, 0.5) is 0 Å². The molecule has 98 valence electrons. The van der Waals surface area contributed by atoms with Crippen molar-refractivity contribution < 1.29 is 14.6 Å². The van der Waals surface area contributed by atoms with E-state index in [1.54, 1.807) is 12.1 Å². The van der Waals surface area contributed by atoms with Crippen molar-refractivity contribution in [2.24, 2.45) is 0 Å². The Labute approximate surface area is 116 Å². The standard InChI is InChI=1S/C13H14Cl2O3/c1-12(2,11(16)17)18-9-5-3-8(4-6-9)10-7-13(10,14)15/h3-6,10H,7H2,1-2H3,(H,16,17)/p-1/t10-/m0/s1. The maximum atomic E-state index is 10.8. The van der Waals surface area contributed by atoms with Gasteiger partial charge in [-0.3, -0.25) is 0 Å². The third-order valence-corrected chi connectivity index (χ3v) is 3.81. The quantitative estimate of drug-likeness (QED) is 0.798. The SMILES string of the molecule is CC(C)(Oc1ccc([C@@H]2CC2(Cl)Cl)cc1)C(=O)[O-]. The van der Waals surface area contributed by atoms with Crippen LogP contribution >= 0.6 is 23.2 Å². The fourth-order valence-corrected chi connectivity index (χ4v) is 2.24. The molecule has 0 bridgehead atoms. The highest BCUT2D eigenvalue weighted by Gasteiger charge is 2.52. The zero-order valence-electron chi connectivity index (χ0n) is 10.1. The molecule has 0 unspecified atom stereocenters. The maximum Gasteiger partial charge on any atom is 0.143 e. The first kappa shape index (κ1) is 13.5. The molecule has 0 N–H and O–H groups in total. The number of benzene rings is 1. The van der Waals surface area contributed by atoms with Gasteiger partial charge in [0.25, 0.3) is 0 Å². The molecule has 0 aromatic heterocycles. The van der Waals surface area contributed by atoms with Gasteiger partial charge < -0.3 is 14.6 Å². The second kappa shape index (κ2) is 4.32. The van der Waals surface area contributed by atoms with E-state index < -0.39 is 15.9 Å². The lowest BCUT2D eigenvalue weighted by Crippen LogP contribution is -2.47. The van der Waals surface area contributed by atoms with Gasteiger partial charge in [-0.05, 0) is 38.0 Å². The Morgan fingerprint density at radius 1 is 1.39 bits per heavy atom. The molecule has 1 fully saturated rings. The molecular weight excluding hydrogens is 275 g/mol. The van der Waals surface area contributed by atoms with Crippen LogP contribution in [0.1, 0.15) is 31.7 Å². The van der Waals surface area contributed by atoms with Crippen LogP contribution in [-0.4, -0.2) is 15.9 Å². The molecular formula is C13H13Cl2O3-. The fraction of sp³-hybridized carbons (Fsp3) is 0.462. The van der Waals surface area contributed by atoms with Gasteiger partial charge in [-0.1, -0.05) is 12.1 Å². The van der Waals surface area contributed by atoms with Crippen molar-refractivity contribution in [1.82, 2.24) is 0 Å². The molecule has 0 saturated heterocycles. The van der Waals surface area contributed by atoms with E-state index in [0.29, 0.717) is 5.75 Å². The monoisotopic (exact) mass is 287 g/mol. The summed E-state index contributed by atoms with van der Waals surface area (Å²) in [6, 6.07) is 7.11. The normalized spacial score (nSPS) is 21.4. The molecule has 1 atom stereocenters. The Morgan fingerprint density at radius 2 is 1.89 bits per heavy atom. The molecule has 0 aliphatic heterocycles. The van der Waals surface area contributed by atoms with Crippen LogP contribution in [0.3, 0.4) is 0 Å². The van der Waals surface area contributed by atoms with Crippen LogP contribution in [0.25, 0.3) is 0 Å². The second-order valence-corrected chi connectivity index (χ2v) is 6.53. The highest BCUT2D eigenvalue weighted by molar-refractivity contribution is 6.51. The third-order valence-electron chi connectivity index (χ3n) is 2.97. The number of carboxylic acids is 1. The number of carbonyl (C=O) groups is 1. The van der Waals surface area contributed by atoms with E-state index in [2.05, 4.69) is 0 Å². The minimum Gasteiger partial charge on any atom is -0.546 e. The highest BCUT2D eigenvalue weighted by Crippen LogP contribution is 2.59. The Morgan fingerprint density at radius 3 is 2.28 bits per heavy atom. The summed E-state index contributed by atoms with van der Waals surface area (Å²) >= 11 is 12.0. The summed E-state index contributed by atoms with van der Waals surface area (Å²) in [7, 11) is 0. The number of rotatable bonds is 4. The molecule has 1 aromatic rings. The molecule has 0 spiro atoms. The van der Waals surface area contributed by atoms with Crippen LogP contribution < -0.4 is 9.84 Å². The Balaban J connectivity index is 2.07. The number of halogens is 2. The molecule has 2 rings (SSSR count). The lowest BCUT2D eigenvalue weighted by Gasteiger charge is -2.27. The van der Waals surface area contributed by atoms with Crippen molar-refractivity contribution in [2.45, 2.75) is 36.1 Å². The molecule has 1 aliphatic rings. The average Bonchev–Trinajstić information content (AvgIpc) is 2.88. The van der Waals surface area contributed by atoms with Crippen molar-refractivity contribution >= 4 is 29.2 Å². The molecule has 1 aromatic carbocycles. The van der Waals surface area contributed by atoms with Crippen molar-refractivity contribution in [3.05, 3.63) is 29.8 Å². The number of hydrogen-bond donors (Lipinski definition) is 0. The molecule has 18 heavy (non-hydrogen) atoms. The zero-order chi connectivity index (χ0) is 13.6. The van der Waals surface area contributed by atoms with Crippen molar-refractivity contribution in [3.63, 3.8) is 0 Å². The summed E-state index contributed by atoms with van der Waals surface area (Å²) in [6.45, 7) is 2.89. The fourth-order valence-electron chi connectivity index (χ4n) is 1.68. The summed E-state index contributed by atoms with van der Waals surface area (Å²) in [5.41, 5.74) is -0.331. The summed E-state index contributed by atoms with van der Waals surface area (Å²) in [5.74, 6) is -0.637. The first-order valence-electron chi connectivity index (χ1n) is 5.60. The van der Waals surface area contributed by atoms with Gasteiger partial charge in [0.1, 0.15) is 15.7 Å². The Kier molecular flexibility index (Phi) is 3.24. The third kappa shape index (κ3) is 2.73. The van der Waals surface area contributed by atoms with Crippen LogP contribution in [-0.2, 0) is 4.79 Å². The number of carboxylic acid groups (broad SMARTS) is 1. The van der Waals surface area contributed by atoms with E-state index in [1.165, 1.54) is 13.8 Å². The largest absolute Gasteiger partial charge is 0.546 e. The summed E-state index contributed by atoms with van der Waals surface area (Å²) in [6.07, 6.45) is 0.737. The first-order valence-corrected chi connectivity index (χ1v) is 6.36. The summed E-state index contributed by atoms with van der Waals surface area (Å²) < 4.78 is 4.68. The molecule has 1 aliphatic carbocycles. The predicted octanol–water partition coefficient (Wildman–Crippen LogP) is 2.26. The molecule has 3 nitrogen and oxygen atoms in total. The van der Waals surface area contributed by atoms with E-state index in [0.717, 1.165) is 12.0 Å². The van der Waals surface area contributed by atoms with Gasteiger partial charge in [-0.25, -0.2) is 0 Å². The lowest BCUT2D eigenvalue weighted by atomic mass is 10.1. The number of alkyl halides is 2. The Hall–Kier alpha value is -0.930. The minimum absolute atomic E-state index is 0.143. The molecule has 0 heterocycles. The highest BCUT2D eigenvalue weighted by atomic mass is 35.5. The number of hydrogen-bond acceptors (Lipinski definition) is 3. The molecule has 1 saturated carbocycles. The zero-order valence-corrected chi connectivity index (χ0v) is 11.6. The first-order chi connectivity index (χ1) is 8.22. The second-order valence-electron chi connectivity index (χ2n) is 4.99. The number of ether oxygens (including phenoxy) is 1. The molecule has 0 radical (unpaired) electrons. The van der Waals surface area contributed by atoms with Crippen LogP contribution in [0.2, 0.25) is 0 Å². The van der Waals surface area contributed by atoms with E-state index >= 15 is 0 Å². The van der Waals surface area contributed by atoms with Gasteiger partial charge in [0, 0.05) is 5.92 Å². The Bertz CT molecular complexity index is 466. The van der Waals surface area contributed by atoms with Gasteiger partial charge in [0.15, 0.2) is 0 Å². The summed E-state index contributed by atoms with van der Waals surface area (Å²) in [5, 5.41) is 10.8. The van der Waals surface area contributed by atoms with E-state index in [-0.39, 0.29) is 5.92 Å². The van der Waals surface area contributed by atoms with Crippen LogP contribution in [0, 0.1) is 0 Å². The van der Waals surface area contributed by atoms with Gasteiger partial charge >= 0.3 is 0 Å². The van der Waals surface area contributed by atoms with E-state index in [9.17, 15) is 9.90 Å².